The smallest absolute Gasteiger partial charge is 0.338 e. The molecule has 2 saturated heterocycles. The zero-order valence-electron chi connectivity index (χ0n) is 36.6. The van der Waals surface area contributed by atoms with Gasteiger partial charge in [0.05, 0.1) is 18.8 Å². The van der Waals surface area contributed by atoms with Crippen molar-refractivity contribution < 1.29 is 100.0 Å². The average molecular weight is 915 g/mol. The Labute approximate surface area is 372 Å². The molecule has 0 unspecified atom stereocenters. The van der Waals surface area contributed by atoms with Crippen molar-refractivity contribution >= 4 is 53.5 Å². The number of benzene rings is 2. The van der Waals surface area contributed by atoms with E-state index in [2.05, 4.69) is 0 Å². The minimum atomic E-state index is -1.84. The lowest BCUT2D eigenvalue weighted by Gasteiger charge is -2.48. The molecule has 2 aromatic rings. The summed E-state index contributed by atoms with van der Waals surface area (Å²) in [7, 11) is 0. The first-order chi connectivity index (χ1) is 30.9. The standard InChI is InChI=1S/C44H50O21/c1-21(45)56-19-32-36(58-23(3)47)38(59-24(4)48)41(62-27(7)51)44(64-32)65-37-33(20-57-22(2)46)63-43(40(61-26(6)50)39(37)60-25(5)49)55-18-11-10-17-54-42(53)31-16-12-15-30-34(31)28-13-8-9-14-29(28)35(30)52/h8-9,12-16,32-33,36-41,43-44H,10-11,17-20H2,1-7H3/t32-,33-,36-,37-,38+,39+,40-,41-,43+,44-/m1/s1. The van der Waals surface area contributed by atoms with E-state index in [1.54, 1.807) is 42.5 Å². The van der Waals surface area contributed by atoms with E-state index in [9.17, 15) is 43.2 Å². The van der Waals surface area contributed by atoms with E-state index in [0.717, 1.165) is 48.5 Å². The van der Waals surface area contributed by atoms with Crippen LogP contribution < -0.4 is 0 Å². The van der Waals surface area contributed by atoms with E-state index < -0.39 is 122 Å². The summed E-state index contributed by atoms with van der Waals surface area (Å²) in [6.45, 7) is 6.03. The topological polar surface area (TPSA) is 264 Å². The Hall–Kier alpha value is -6.29. The summed E-state index contributed by atoms with van der Waals surface area (Å²) in [5, 5.41) is 0. The van der Waals surface area contributed by atoms with Crippen LogP contribution in [0.5, 0.6) is 0 Å². The van der Waals surface area contributed by atoms with Gasteiger partial charge in [0.1, 0.15) is 31.5 Å². The first-order valence-electron chi connectivity index (χ1n) is 20.5. The van der Waals surface area contributed by atoms with Crippen molar-refractivity contribution in [3.05, 3.63) is 59.2 Å². The number of hydrogen-bond donors (Lipinski definition) is 0. The van der Waals surface area contributed by atoms with Crippen LogP contribution >= 0.6 is 0 Å². The fraction of sp³-hybridized carbons (Fsp3) is 0.523. The van der Waals surface area contributed by atoms with Crippen LogP contribution in [0.15, 0.2) is 42.5 Å². The van der Waals surface area contributed by atoms with Gasteiger partial charge in [-0.3, -0.25) is 38.4 Å². The summed E-state index contributed by atoms with van der Waals surface area (Å²) in [5.74, 6) is -6.89. The zero-order chi connectivity index (χ0) is 47.5. The summed E-state index contributed by atoms with van der Waals surface area (Å²) in [6, 6.07) is 11.8. The van der Waals surface area contributed by atoms with Gasteiger partial charge in [0, 0.05) is 65.2 Å². The molecule has 1 aliphatic carbocycles. The molecule has 0 spiro atoms. The van der Waals surface area contributed by atoms with Crippen molar-refractivity contribution in [3.63, 3.8) is 0 Å². The van der Waals surface area contributed by atoms with Crippen molar-refractivity contribution in [1.29, 1.82) is 0 Å². The minimum absolute atomic E-state index is 0.0581. The average Bonchev–Trinajstić information content (AvgIpc) is 3.52. The van der Waals surface area contributed by atoms with Crippen LogP contribution in [-0.2, 0) is 90.4 Å². The van der Waals surface area contributed by atoms with E-state index >= 15 is 0 Å². The maximum Gasteiger partial charge on any atom is 0.338 e. The first kappa shape index (κ1) is 49.7. The molecule has 10 atom stereocenters. The Morgan fingerprint density at radius 2 is 0.938 bits per heavy atom. The number of ketones is 1. The Balaban J connectivity index is 1.37. The Morgan fingerprint density at radius 3 is 1.51 bits per heavy atom. The van der Waals surface area contributed by atoms with Gasteiger partial charge >= 0.3 is 47.8 Å². The van der Waals surface area contributed by atoms with E-state index in [4.69, 9.17) is 56.8 Å². The second-order valence-corrected chi connectivity index (χ2v) is 15.0. The quantitative estimate of drug-likeness (QED) is 0.101. The number of carbonyl (C=O) groups excluding carboxylic acids is 9. The molecular weight excluding hydrogens is 864 g/mol. The van der Waals surface area contributed by atoms with Crippen LogP contribution in [0.1, 0.15) is 87.6 Å². The molecule has 21 heteroatoms. The van der Waals surface area contributed by atoms with Crippen LogP contribution in [0.25, 0.3) is 11.1 Å². The largest absolute Gasteiger partial charge is 0.463 e. The molecule has 0 radical (unpaired) electrons. The summed E-state index contributed by atoms with van der Waals surface area (Å²) >= 11 is 0. The third-order valence-corrected chi connectivity index (χ3v) is 9.91. The number of rotatable bonds is 18. The molecule has 352 valence electrons. The Bertz CT molecular complexity index is 2130. The van der Waals surface area contributed by atoms with Crippen molar-refractivity contribution in [2.75, 3.05) is 26.4 Å². The highest BCUT2D eigenvalue weighted by Gasteiger charge is 2.57. The molecule has 0 N–H and O–H groups in total. The SMILES string of the molecule is CC(=O)OC[C@H]1O[C@H](O[C@H]2[C@H](OC(C)=O)[C@@H](OC(C)=O)[C@@H](OCCCCOC(=O)c3cccc4c3-c3ccccc3C4=O)O[C@@H]2COC(C)=O)[C@H](OC(C)=O)[C@@H](OC(C)=O)[C@@H]1OC(C)=O. The predicted molar refractivity (Wildman–Crippen MR) is 214 cm³/mol. The summed E-state index contributed by atoms with van der Waals surface area (Å²) < 4.78 is 68.4. The van der Waals surface area contributed by atoms with Gasteiger partial charge in [0.2, 0.25) is 0 Å². The second kappa shape index (κ2) is 22.6. The van der Waals surface area contributed by atoms with Crippen molar-refractivity contribution in [2.24, 2.45) is 0 Å². The fourth-order valence-corrected chi connectivity index (χ4v) is 7.50. The van der Waals surface area contributed by atoms with Gasteiger partial charge in [-0.15, -0.1) is 0 Å². The molecular formula is C44H50O21. The van der Waals surface area contributed by atoms with Crippen LogP contribution in [-0.4, -0.2) is 141 Å². The number of fused-ring (bicyclic) bond motifs is 3. The van der Waals surface area contributed by atoms with Crippen LogP contribution in [0.4, 0.5) is 0 Å². The third kappa shape index (κ3) is 12.9. The number of hydrogen-bond acceptors (Lipinski definition) is 21. The monoisotopic (exact) mass is 914 g/mol. The molecule has 0 aromatic heterocycles. The molecule has 2 fully saturated rings. The van der Waals surface area contributed by atoms with Gasteiger partial charge in [-0.05, 0) is 24.5 Å². The van der Waals surface area contributed by atoms with Crippen molar-refractivity contribution in [3.8, 4) is 11.1 Å². The molecule has 65 heavy (non-hydrogen) atoms. The van der Waals surface area contributed by atoms with Gasteiger partial charge in [-0.1, -0.05) is 36.4 Å². The van der Waals surface area contributed by atoms with Gasteiger partial charge in [0.25, 0.3) is 0 Å². The molecule has 3 aliphatic rings. The van der Waals surface area contributed by atoms with Gasteiger partial charge in [-0.25, -0.2) is 4.79 Å². The molecule has 2 heterocycles. The lowest BCUT2D eigenvalue weighted by molar-refractivity contribution is -0.361. The highest BCUT2D eigenvalue weighted by Crippen LogP contribution is 2.39. The lowest BCUT2D eigenvalue weighted by Crippen LogP contribution is -2.67. The maximum absolute atomic E-state index is 13.2. The van der Waals surface area contributed by atoms with Crippen LogP contribution in [0.2, 0.25) is 0 Å². The number of ether oxygens (including phenoxy) is 12. The lowest BCUT2D eigenvalue weighted by atomic mass is 9.96. The van der Waals surface area contributed by atoms with E-state index in [1.807, 2.05) is 0 Å². The first-order valence-corrected chi connectivity index (χ1v) is 20.5. The van der Waals surface area contributed by atoms with Crippen LogP contribution in [0, 0.1) is 0 Å². The van der Waals surface area contributed by atoms with Gasteiger partial charge in [0.15, 0.2) is 48.9 Å². The normalized spacial score (nSPS) is 25.4. The minimum Gasteiger partial charge on any atom is -0.463 e. The summed E-state index contributed by atoms with van der Waals surface area (Å²) in [4.78, 5) is 113. The highest BCUT2D eigenvalue weighted by molar-refractivity contribution is 6.24. The van der Waals surface area contributed by atoms with E-state index in [-0.39, 0.29) is 37.4 Å². The van der Waals surface area contributed by atoms with Gasteiger partial charge in [-0.2, -0.15) is 0 Å². The Morgan fingerprint density at radius 1 is 0.477 bits per heavy atom. The van der Waals surface area contributed by atoms with E-state index in [0.29, 0.717) is 22.3 Å². The molecule has 0 bridgehead atoms. The third-order valence-electron chi connectivity index (χ3n) is 9.91. The highest BCUT2D eigenvalue weighted by atomic mass is 16.8. The second-order valence-electron chi connectivity index (χ2n) is 15.0. The summed E-state index contributed by atoms with van der Waals surface area (Å²) in [5.41, 5.74) is 2.24. The Kier molecular flexibility index (Phi) is 17.3. The number of unbranched alkanes of at least 4 members (excludes halogenated alkanes) is 1. The van der Waals surface area contributed by atoms with E-state index in [1.165, 1.54) is 0 Å². The molecule has 0 amide bonds. The van der Waals surface area contributed by atoms with Crippen LogP contribution in [0.3, 0.4) is 0 Å². The van der Waals surface area contributed by atoms with Crippen molar-refractivity contribution in [1.82, 2.24) is 0 Å². The molecule has 5 rings (SSSR count). The predicted octanol–water partition coefficient (Wildman–Crippen LogP) is 2.47. The molecule has 21 nitrogen and oxygen atoms in total. The zero-order valence-corrected chi connectivity index (χ0v) is 36.6. The molecule has 0 saturated carbocycles. The molecule has 2 aromatic carbocycles. The van der Waals surface area contributed by atoms with Gasteiger partial charge < -0.3 is 56.8 Å². The number of carbonyl (C=O) groups is 9. The fourth-order valence-electron chi connectivity index (χ4n) is 7.50. The van der Waals surface area contributed by atoms with Crippen molar-refractivity contribution in [2.45, 2.75) is 123 Å². The maximum atomic E-state index is 13.2. The molecule has 2 aliphatic heterocycles. The number of esters is 8. The summed E-state index contributed by atoms with van der Waals surface area (Å²) in [6.07, 6.45) is -15.5.